The van der Waals surface area contributed by atoms with Gasteiger partial charge in [-0.3, -0.25) is 4.79 Å². The number of rotatable bonds is 4. The minimum Gasteiger partial charge on any atom is -0.484 e. The van der Waals surface area contributed by atoms with Crippen LogP contribution in [-0.2, 0) is 30.0 Å². The average Bonchev–Trinajstić information content (AvgIpc) is 1.87. The summed E-state index contributed by atoms with van der Waals surface area (Å²) in [6.07, 6.45) is 1.84. The third-order valence-corrected chi connectivity index (χ3v) is 1.88. The Kier molecular flexibility index (Phi) is 13.2. The zero-order chi connectivity index (χ0) is 8.85. The molecule has 0 aromatic heterocycles. The molecule has 0 spiro atoms. The predicted octanol–water partition coefficient (Wildman–Crippen LogP) is 2.10. The van der Waals surface area contributed by atoms with E-state index in [0.29, 0.717) is 5.92 Å². The first-order valence-corrected chi connectivity index (χ1v) is 4.93. The summed E-state index contributed by atoms with van der Waals surface area (Å²) < 4.78 is 5.04. The van der Waals surface area contributed by atoms with Crippen LogP contribution in [-0.4, -0.2) is 18.3 Å². The summed E-state index contributed by atoms with van der Waals surface area (Å²) in [5.41, 5.74) is 0. The first-order valence-electron chi connectivity index (χ1n) is 3.64. The Balaban J connectivity index is -0.000000500. The van der Waals surface area contributed by atoms with Gasteiger partial charge in [-0.2, -0.15) is 0 Å². The van der Waals surface area contributed by atoms with E-state index in [9.17, 15) is 4.79 Å². The van der Waals surface area contributed by atoms with Gasteiger partial charge < -0.3 is 16.5 Å². The second-order valence-corrected chi connectivity index (χ2v) is 3.45. The van der Waals surface area contributed by atoms with Crippen LogP contribution >= 0.6 is 11.8 Å². The maximum atomic E-state index is 10.9. The maximum absolute atomic E-state index is 10.9. The molecule has 0 saturated carbocycles. The molecule has 0 bridgehead atoms. The molecular weight excluding hydrogens is 613 g/mol. The van der Waals surface area contributed by atoms with Crippen molar-refractivity contribution in [2.24, 2.45) is 5.92 Å². The van der Waals surface area contributed by atoms with Crippen LogP contribution in [0.4, 0.5) is 0 Å². The van der Waals surface area contributed by atoms with E-state index in [2.05, 4.69) is 0 Å². The molecule has 0 aliphatic carbocycles. The number of carbonyl (C=O) groups excluding carboxylic acids is 1. The average molecular weight is 628 g/mol. The fourth-order valence-electron chi connectivity index (χ4n) is 0.443. The zero-order valence-electron chi connectivity index (χ0n) is 8.54. The van der Waals surface area contributed by atoms with Crippen molar-refractivity contribution >= 4 is 17.7 Å². The molecule has 75 valence electrons. The van der Waals surface area contributed by atoms with E-state index in [0.717, 1.165) is 0 Å². The van der Waals surface area contributed by atoms with Crippen molar-refractivity contribution in [1.29, 1.82) is 0 Å². The van der Waals surface area contributed by atoms with Gasteiger partial charge in [-0.05, 0) is 19.1 Å². The van der Waals surface area contributed by atoms with Crippen LogP contribution < -0.4 is 0 Å². The molecule has 0 aromatic carbocycles. The van der Waals surface area contributed by atoms with Gasteiger partial charge in [0.1, 0.15) is 0 Å². The van der Waals surface area contributed by atoms with Crippen molar-refractivity contribution in [3.8, 4) is 0 Å². The van der Waals surface area contributed by atoms with Gasteiger partial charge in [0.05, 0.1) is 6.10 Å². The molecule has 0 aliphatic heterocycles. The number of hydrogen-bond acceptors (Lipinski definition) is 3. The molecular formula is C8H15O2ReRfS-. The number of carbonyl (C=O) groups is 1. The van der Waals surface area contributed by atoms with Crippen molar-refractivity contribution in [2.45, 2.75) is 26.9 Å². The van der Waals surface area contributed by atoms with Gasteiger partial charge >= 0.3 is 0 Å². The molecule has 0 aromatic rings. The first kappa shape index (κ1) is 18.2. The maximum Gasteiger partial charge on any atom is 0.176 e. The monoisotopic (exact) mass is 629 g/mol. The SMILES string of the molecule is CS[CH-]C(=O)OC(C)C(C)C.[Re].[Rf]. The topological polar surface area (TPSA) is 26.3 Å². The molecule has 0 fully saturated rings. The van der Waals surface area contributed by atoms with Crippen LogP contribution in [0.1, 0.15) is 20.8 Å². The van der Waals surface area contributed by atoms with Crippen molar-refractivity contribution in [1.82, 2.24) is 0 Å². The van der Waals surface area contributed by atoms with Gasteiger partial charge in [0, 0.05) is 20.4 Å². The molecule has 0 aliphatic rings. The quantitative estimate of drug-likeness (QED) is 0.353. The smallest absolute Gasteiger partial charge is 0.176 e. The van der Waals surface area contributed by atoms with Gasteiger partial charge in [-0.25, -0.2) is 5.75 Å². The largest absolute Gasteiger partial charge is 0.484 e. The van der Waals surface area contributed by atoms with E-state index in [1.807, 2.05) is 27.0 Å². The molecule has 0 amide bonds. The Hall–Kier alpha value is -0.648. The number of hydrogen-bond donors (Lipinski definition) is 0. The van der Waals surface area contributed by atoms with Gasteiger partial charge in [-0.15, -0.1) is 0 Å². The fraction of sp³-hybridized carbons (Fsp3) is 0.750. The number of ether oxygens (including phenoxy) is 1. The van der Waals surface area contributed by atoms with E-state index < -0.39 is 0 Å². The summed E-state index contributed by atoms with van der Waals surface area (Å²) in [4.78, 5) is 10.9. The van der Waals surface area contributed by atoms with Gasteiger partial charge in [0.25, 0.3) is 0 Å². The molecule has 0 heterocycles. The molecule has 0 saturated heterocycles. The zero-order valence-corrected chi connectivity index (χ0v) is 18.5. The third-order valence-electron chi connectivity index (χ3n) is 1.45. The summed E-state index contributed by atoms with van der Waals surface area (Å²) in [5, 5.41) is 0. The fourth-order valence-corrected chi connectivity index (χ4v) is 0.691. The number of thioether (sulfide) groups is 1. The van der Waals surface area contributed by atoms with E-state index in [-0.39, 0.29) is 32.5 Å². The van der Waals surface area contributed by atoms with Crippen molar-refractivity contribution in [2.75, 3.05) is 6.26 Å². The molecule has 5 heteroatoms. The minimum atomic E-state index is -0.237. The first-order chi connectivity index (χ1) is 5.07. The van der Waals surface area contributed by atoms with E-state index in [4.69, 9.17) is 4.74 Å². The standard InChI is InChI=1S/C8H15O2S.Re.Rf/c1-6(2)7(3)10-8(9)5-11-4;;/h5-7H,1-4H3;;/q-1;;. The summed E-state index contributed by atoms with van der Waals surface area (Å²) >= 11 is 1.36. The third kappa shape index (κ3) is 9.27. The van der Waals surface area contributed by atoms with Gasteiger partial charge in [0.2, 0.25) is 0 Å². The van der Waals surface area contributed by atoms with Crippen LogP contribution in [0.5, 0.6) is 0 Å². The number of esters is 1. The van der Waals surface area contributed by atoms with Crippen molar-refractivity contribution < 1.29 is 30.0 Å². The van der Waals surface area contributed by atoms with Gasteiger partial charge in [-0.1, -0.05) is 13.8 Å². The molecule has 1 radical (unpaired) electrons. The molecule has 0 N–H and O–H groups in total. The summed E-state index contributed by atoms with van der Waals surface area (Å²) in [5.74, 6) is 1.62. The Bertz CT molecular complexity index is 133. The van der Waals surface area contributed by atoms with Gasteiger partial charge in [0.15, 0.2) is 5.97 Å². The minimum absolute atomic E-state index is 0. The second-order valence-electron chi connectivity index (χ2n) is 2.74. The Morgan fingerprint density at radius 3 is 2.15 bits per heavy atom. The molecule has 1 atom stereocenters. The Labute approximate surface area is 92.5 Å². The van der Waals surface area contributed by atoms with Crippen LogP contribution in [0.3, 0.4) is 0 Å². The van der Waals surface area contributed by atoms with E-state index in [1.165, 1.54) is 17.5 Å². The normalized spacial score (nSPS) is 10.8. The van der Waals surface area contributed by atoms with Crippen LogP contribution in [0.15, 0.2) is 0 Å². The molecule has 1 unspecified atom stereocenters. The van der Waals surface area contributed by atoms with Crippen LogP contribution in [0.25, 0.3) is 0 Å². The van der Waals surface area contributed by atoms with Crippen LogP contribution in [0, 0.1) is 11.7 Å². The van der Waals surface area contributed by atoms with E-state index >= 15 is 0 Å². The molecule has 0 rings (SSSR count). The molecule has 13 heavy (non-hydrogen) atoms. The summed E-state index contributed by atoms with van der Waals surface area (Å²) in [6, 6.07) is 0. The Morgan fingerprint density at radius 1 is 1.38 bits per heavy atom. The predicted molar refractivity (Wildman–Crippen MR) is 48.2 cm³/mol. The second kappa shape index (κ2) is 9.44. The van der Waals surface area contributed by atoms with Crippen molar-refractivity contribution in [3.63, 3.8) is 0 Å². The van der Waals surface area contributed by atoms with E-state index in [1.54, 1.807) is 0 Å². The molecule has 2 nitrogen and oxygen atoms in total. The Morgan fingerprint density at radius 2 is 1.85 bits per heavy atom. The van der Waals surface area contributed by atoms with Crippen LogP contribution in [0.2, 0.25) is 0 Å². The summed E-state index contributed by atoms with van der Waals surface area (Å²) in [6.45, 7) is 5.95. The summed E-state index contributed by atoms with van der Waals surface area (Å²) in [7, 11) is 0. The van der Waals surface area contributed by atoms with Crippen molar-refractivity contribution in [3.05, 3.63) is 5.75 Å².